The predicted octanol–water partition coefficient (Wildman–Crippen LogP) is 3.87. The molecule has 4 nitrogen and oxygen atoms in total. The van der Waals surface area contributed by atoms with E-state index in [1.54, 1.807) is 12.1 Å². The number of alkyl carbamates (subject to hydrolysis) is 1. The van der Waals surface area contributed by atoms with Crippen LogP contribution in [0.3, 0.4) is 0 Å². The number of nitrogens with one attached hydrogen (secondary N) is 2. The first-order valence-electron chi connectivity index (χ1n) is 7.36. The molecule has 1 unspecified atom stereocenters. The Morgan fingerprint density at radius 3 is 2.64 bits per heavy atom. The number of rotatable bonds is 6. The van der Waals surface area contributed by atoms with Crippen molar-refractivity contribution < 1.29 is 13.9 Å². The lowest BCUT2D eigenvalue weighted by atomic mass is 10.2. The van der Waals surface area contributed by atoms with Gasteiger partial charge in [-0.2, -0.15) is 0 Å². The van der Waals surface area contributed by atoms with Gasteiger partial charge in [0.15, 0.2) is 0 Å². The Morgan fingerprint density at radius 2 is 2.09 bits per heavy atom. The molecule has 0 aromatic heterocycles. The van der Waals surface area contributed by atoms with Crippen LogP contribution >= 0.6 is 11.6 Å². The lowest BCUT2D eigenvalue weighted by Crippen LogP contribution is -2.43. The van der Waals surface area contributed by atoms with E-state index < -0.39 is 11.7 Å². The van der Waals surface area contributed by atoms with Crippen molar-refractivity contribution in [3.8, 4) is 0 Å². The summed E-state index contributed by atoms with van der Waals surface area (Å²) in [4.78, 5) is 11.7. The highest BCUT2D eigenvalue weighted by Crippen LogP contribution is 2.18. The van der Waals surface area contributed by atoms with Crippen LogP contribution in [-0.4, -0.2) is 24.3 Å². The van der Waals surface area contributed by atoms with Gasteiger partial charge < -0.3 is 15.4 Å². The maximum atomic E-state index is 13.6. The molecule has 0 aliphatic rings. The molecule has 1 rings (SSSR count). The molecule has 6 heteroatoms. The van der Waals surface area contributed by atoms with E-state index in [4.69, 9.17) is 16.3 Å². The Labute approximate surface area is 136 Å². The fourth-order valence-electron chi connectivity index (χ4n) is 1.84. The summed E-state index contributed by atoms with van der Waals surface area (Å²) in [6.07, 6.45) is 0.280. The minimum Gasteiger partial charge on any atom is -0.444 e. The zero-order valence-corrected chi connectivity index (χ0v) is 14.3. The van der Waals surface area contributed by atoms with Gasteiger partial charge in [0.1, 0.15) is 11.4 Å². The Balaban J connectivity index is 2.46. The molecule has 0 saturated carbocycles. The molecule has 1 aromatic rings. The second-order valence-electron chi connectivity index (χ2n) is 6.08. The van der Waals surface area contributed by atoms with Crippen LogP contribution in [0, 0.1) is 5.82 Å². The smallest absolute Gasteiger partial charge is 0.407 e. The third kappa shape index (κ3) is 6.62. The van der Waals surface area contributed by atoms with E-state index in [0.717, 1.165) is 6.42 Å². The van der Waals surface area contributed by atoms with Crippen LogP contribution in [0.1, 0.15) is 39.7 Å². The molecule has 0 saturated heterocycles. The van der Waals surface area contributed by atoms with Crippen LogP contribution in [0.2, 0.25) is 5.02 Å². The highest BCUT2D eigenvalue weighted by molar-refractivity contribution is 6.31. The maximum absolute atomic E-state index is 13.6. The van der Waals surface area contributed by atoms with E-state index >= 15 is 0 Å². The van der Waals surface area contributed by atoms with Gasteiger partial charge in [0, 0.05) is 29.7 Å². The van der Waals surface area contributed by atoms with E-state index in [1.165, 1.54) is 6.07 Å². The third-order valence-electron chi connectivity index (χ3n) is 2.97. The summed E-state index contributed by atoms with van der Waals surface area (Å²) in [6.45, 7) is 8.20. The molecule has 2 N–H and O–H groups in total. The molecule has 1 atom stereocenters. The maximum Gasteiger partial charge on any atom is 0.407 e. The van der Waals surface area contributed by atoms with Crippen molar-refractivity contribution in [3.05, 3.63) is 34.6 Å². The van der Waals surface area contributed by atoms with Gasteiger partial charge in [0.2, 0.25) is 0 Å². The van der Waals surface area contributed by atoms with Crippen LogP contribution in [0.4, 0.5) is 9.18 Å². The third-order valence-corrected chi connectivity index (χ3v) is 3.32. The Bertz CT molecular complexity index is 483. The summed E-state index contributed by atoms with van der Waals surface area (Å²) < 4.78 is 18.9. The number of amides is 1. The van der Waals surface area contributed by atoms with Crippen LogP contribution in [0.5, 0.6) is 0 Å². The molecule has 0 spiro atoms. The first kappa shape index (κ1) is 18.7. The van der Waals surface area contributed by atoms with Gasteiger partial charge in [-0.15, -0.1) is 0 Å². The first-order valence-corrected chi connectivity index (χ1v) is 7.74. The SMILES string of the molecule is CCC(CNCc1c(F)cccc1Cl)NC(=O)OC(C)(C)C. The monoisotopic (exact) mass is 330 g/mol. The summed E-state index contributed by atoms with van der Waals surface area (Å²) >= 11 is 5.97. The van der Waals surface area contributed by atoms with E-state index in [2.05, 4.69) is 10.6 Å². The highest BCUT2D eigenvalue weighted by atomic mass is 35.5. The van der Waals surface area contributed by atoms with Crippen molar-refractivity contribution in [2.75, 3.05) is 6.54 Å². The number of carbonyl (C=O) groups is 1. The van der Waals surface area contributed by atoms with Gasteiger partial charge in [-0.3, -0.25) is 0 Å². The standard InChI is InChI=1S/C16H24ClFN2O2/c1-5-11(20-15(21)22-16(2,3)4)9-19-10-12-13(17)7-6-8-14(12)18/h6-8,11,19H,5,9-10H2,1-4H3,(H,20,21). The van der Waals surface area contributed by atoms with E-state index in [-0.39, 0.29) is 11.9 Å². The van der Waals surface area contributed by atoms with Crippen molar-refractivity contribution in [1.29, 1.82) is 0 Å². The lowest BCUT2D eigenvalue weighted by Gasteiger charge is -2.23. The summed E-state index contributed by atoms with van der Waals surface area (Å²) in [6, 6.07) is 4.50. The molecule has 22 heavy (non-hydrogen) atoms. The molecule has 1 amide bonds. The van der Waals surface area contributed by atoms with Crippen molar-refractivity contribution in [2.45, 2.75) is 52.3 Å². The molecule has 0 radical (unpaired) electrons. The van der Waals surface area contributed by atoms with Gasteiger partial charge in [-0.1, -0.05) is 24.6 Å². The Kier molecular flexibility index (Phi) is 7.10. The summed E-state index contributed by atoms with van der Waals surface area (Å²) in [5.74, 6) is -0.340. The molecule has 0 bridgehead atoms. The molecule has 1 aromatic carbocycles. The van der Waals surface area contributed by atoms with E-state index in [0.29, 0.717) is 23.7 Å². The fraction of sp³-hybridized carbons (Fsp3) is 0.562. The number of halogens is 2. The normalized spacial score (nSPS) is 12.8. The topological polar surface area (TPSA) is 50.4 Å². The Morgan fingerprint density at radius 1 is 1.41 bits per heavy atom. The van der Waals surface area contributed by atoms with Crippen LogP contribution in [0.15, 0.2) is 18.2 Å². The van der Waals surface area contributed by atoms with Gasteiger partial charge in [0.05, 0.1) is 0 Å². The zero-order chi connectivity index (χ0) is 16.8. The summed E-state index contributed by atoms with van der Waals surface area (Å²) in [7, 11) is 0. The lowest BCUT2D eigenvalue weighted by molar-refractivity contribution is 0.0502. The number of ether oxygens (including phenoxy) is 1. The minimum atomic E-state index is -0.531. The molecule has 0 aliphatic carbocycles. The Hall–Kier alpha value is -1.33. The second-order valence-corrected chi connectivity index (χ2v) is 6.49. The summed E-state index contributed by atoms with van der Waals surface area (Å²) in [5.41, 5.74) is -0.104. The molecular weight excluding hydrogens is 307 g/mol. The molecule has 0 aliphatic heterocycles. The quantitative estimate of drug-likeness (QED) is 0.832. The van der Waals surface area contributed by atoms with Crippen molar-refractivity contribution >= 4 is 17.7 Å². The average molecular weight is 331 g/mol. The molecule has 0 fully saturated rings. The second kappa shape index (κ2) is 8.34. The minimum absolute atomic E-state index is 0.0969. The van der Waals surface area contributed by atoms with Crippen LogP contribution < -0.4 is 10.6 Å². The molecular formula is C16H24ClFN2O2. The van der Waals surface area contributed by atoms with Crippen LogP contribution in [-0.2, 0) is 11.3 Å². The van der Waals surface area contributed by atoms with Gasteiger partial charge in [-0.25, -0.2) is 9.18 Å². The van der Waals surface area contributed by atoms with Crippen molar-refractivity contribution in [2.24, 2.45) is 0 Å². The van der Waals surface area contributed by atoms with Gasteiger partial charge in [-0.05, 0) is 39.3 Å². The first-order chi connectivity index (χ1) is 10.2. The van der Waals surface area contributed by atoms with Crippen LogP contribution in [0.25, 0.3) is 0 Å². The number of hydrogen-bond acceptors (Lipinski definition) is 3. The molecule has 124 valence electrons. The van der Waals surface area contributed by atoms with Crippen molar-refractivity contribution in [3.63, 3.8) is 0 Å². The highest BCUT2D eigenvalue weighted by Gasteiger charge is 2.18. The number of benzene rings is 1. The molecule has 0 heterocycles. The zero-order valence-electron chi connectivity index (χ0n) is 13.5. The summed E-state index contributed by atoms with van der Waals surface area (Å²) in [5, 5.41) is 6.29. The largest absolute Gasteiger partial charge is 0.444 e. The van der Waals surface area contributed by atoms with Gasteiger partial charge in [0.25, 0.3) is 0 Å². The van der Waals surface area contributed by atoms with Crippen molar-refractivity contribution in [1.82, 2.24) is 10.6 Å². The fourth-order valence-corrected chi connectivity index (χ4v) is 2.07. The number of carbonyl (C=O) groups excluding carboxylic acids is 1. The predicted molar refractivity (Wildman–Crippen MR) is 86.6 cm³/mol. The van der Waals surface area contributed by atoms with E-state index in [9.17, 15) is 9.18 Å². The van der Waals surface area contributed by atoms with E-state index in [1.807, 2.05) is 27.7 Å². The number of hydrogen-bond donors (Lipinski definition) is 2. The average Bonchev–Trinajstić information content (AvgIpc) is 2.38. The van der Waals surface area contributed by atoms with Gasteiger partial charge >= 0.3 is 6.09 Å².